The van der Waals surface area contributed by atoms with E-state index in [4.69, 9.17) is 10.5 Å². The number of H-pyrrole nitrogens is 1. The largest absolute Gasteiger partial charge is 0.325 e. The number of nitrogens with zero attached hydrogens (tertiary/aromatic N) is 2. The van der Waals surface area contributed by atoms with Crippen LogP contribution in [0, 0.1) is 41.2 Å². The molecule has 2 rings (SSSR count). The number of halogens is 2. The van der Waals surface area contributed by atoms with Gasteiger partial charge in [-0.25, -0.2) is 8.78 Å². The molecule has 98 valence electrons. The quantitative estimate of drug-likeness (QED) is 0.864. The Bertz CT molecular complexity index is 841. The van der Waals surface area contributed by atoms with Crippen molar-refractivity contribution in [3.63, 3.8) is 0 Å². The maximum atomic E-state index is 14.1. The average Bonchev–Trinajstić information content (AvgIpc) is 2.38. The average molecular weight is 271 g/mol. The number of rotatable bonds is 1. The molecular weight excluding hydrogens is 264 g/mol. The van der Waals surface area contributed by atoms with E-state index in [0.29, 0.717) is 5.69 Å². The Morgan fingerprint density at radius 1 is 1.20 bits per heavy atom. The number of nitrogens with one attached hydrogen (secondary N) is 1. The normalized spacial score (nSPS) is 9.85. The Morgan fingerprint density at radius 2 is 1.90 bits per heavy atom. The van der Waals surface area contributed by atoms with Gasteiger partial charge in [-0.1, -0.05) is 0 Å². The molecule has 0 aliphatic heterocycles. The maximum Gasteiger partial charge on any atom is 0.266 e. The lowest BCUT2D eigenvalue weighted by Gasteiger charge is -2.08. The van der Waals surface area contributed by atoms with Gasteiger partial charge in [0.05, 0.1) is 11.1 Å². The molecule has 1 aromatic heterocycles. The van der Waals surface area contributed by atoms with E-state index >= 15 is 0 Å². The molecule has 1 heterocycles. The highest BCUT2D eigenvalue weighted by Crippen LogP contribution is 2.29. The highest BCUT2D eigenvalue weighted by Gasteiger charge is 2.20. The SMILES string of the molecule is Cc1cc(-c2c(F)ccc(C#N)c2F)c(C#N)c(=O)[nH]1. The van der Waals surface area contributed by atoms with Gasteiger partial charge in [-0.2, -0.15) is 10.5 Å². The van der Waals surface area contributed by atoms with Crippen LogP contribution in [0.5, 0.6) is 0 Å². The zero-order chi connectivity index (χ0) is 14.9. The van der Waals surface area contributed by atoms with E-state index in [1.807, 2.05) is 0 Å². The van der Waals surface area contributed by atoms with Crippen molar-refractivity contribution >= 4 is 0 Å². The van der Waals surface area contributed by atoms with Crippen LogP contribution in [-0.2, 0) is 0 Å². The summed E-state index contributed by atoms with van der Waals surface area (Å²) in [6.45, 7) is 1.52. The summed E-state index contributed by atoms with van der Waals surface area (Å²) < 4.78 is 28.0. The highest BCUT2D eigenvalue weighted by molar-refractivity contribution is 5.72. The summed E-state index contributed by atoms with van der Waals surface area (Å²) in [7, 11) is 0. The van der Waals surface area contributed by atoms with E-state index in [1.165, 1.54) is 13.0 Å². The van der Waals surface area contributed by atoms with Crippen LogP contribution in [0.25, 0.3) is 11.1 Å². The third kappa shape index (κ3) is 2.04. The molecule has 1 aromatic carbocycles. The van der Waals surface area contributed by atoms with E-state index < -0.39 is 28.3 Å². The summed E-state index contributed by atoms with van der Waals surface area (Å²) in [5, 5.41) is 17.8. The fourth-order valence-electron chi connectivity index (χ4n) is 1.88. The smallest absolute Gasteiger partial charge is 0.266 e. The topological polar surface area (TPSA) is 80.4 Å². The Kier molecular flexibility index (Phi) is 3.32. The molecule has 4 nitrogen and oxygen atoms in total. The molecule has 0 amide bonds. The number of nitriles is 2. The minimum absolute atomic E-state index is 0.166. The summed E-state index contributed by atoms with van der Waals surface area (Å²) in [5.74, 6) is -2.03. The molecule has 0 radical (unpaired) electrons. The van der Waals surface area contributed by atoms with E-state index in [9.17, 15) is 13.6 Å². The second kappa shape index (κ2) is 4.94. The Morgan fingerprint density at radius 3 is 2.50 bits per heavy atom. The van der Waals surface area contributed by atoms with Crippen molar-refractivity contribution in [3.05, 3.63) is 57.0 Å². The Hall–Kier alpha value is -2.99. The zero-order valence-electron chi connectivity index (χ0n) is 10.3. The molecule has 0 bridgehead atoms. The summed E-state index contributed by atoms with van der Waals surface area (Å²) in [4.78, 5) is 14.0. The molecule has 1 N–H and O–H groups in total. The van der Waals surface area contributed by atoms with Gasteiger partial charge in [0.1, 0.15) is 23.5 Å². The second-order valence-corrected chi connectivity index (χ2v) is 4.08. The van der Waals surface area contributed by atoms with Crippen LogP contribution in [-0.4, -0.2) is 4.98 Å². The predicted octanol–water partition coefficient (Wildman–Crippen LogP) is 2.37. The molecule has 0 saturated heterocycles. The third-order valence-corrected chi connectivity index (χ3v) is 2.76. The van der Waals surface area contributed by atoms with Crippen molar-refractivity contribution in [3.8, 4) is 23.3 Å². The molecule has 0 aliphatic rings. The van der Waals surface area contributed by atoms with Crippen molar-refractivity contribution in [2.45, 2.75) is 6.92 Å². The first kappa shape index (κ1) is 13.4. The van der Waals surface area contributed by atoms with Crippen molar-refractivity contribution in [1.29, 1.82) is 10.5 Å². The molecule has 6 heteroatoms. The van der Waals surface area contributed by atoms with Gasteiger partial charge in [0.2, 0.25) is 0 Å². The van der Waals surface area contributed by atoms with Gasteiger partial charge in [-0.05, 0) is 25.1 Å². The molecule has 0 aliphatic carbocycles. The van der Waals surface area contributed by atoms with Crippen molar-refractivity contribution in [2.75, 3.05) is 0 Å². The number of aryl methyl sites for hydroxylation is 1. The van der Waals surface area contributed by atoms with Gasteiger partial charge in [0.25, 0.3) is 5.56 Å². The van der Waals surface area contributed by atoms with Crippen LogP contribution in [0.3, 0.4) is 0 Å². The molecular formula is C14H7F2N3O. The fourth-order valence-corrected chi connectivity index (χ4v) is 1.88. The third-order valence-electron chi connectivity index (χ3n) is 2.76. The van der Waals surface area contributed by atoms with E-state index in [-0.39, 0.29) is 11.1 Å². The van der Waals surface area contributed by atoms with Crippen LogP contribution in [0.15, 0.2) is 23.0 Å². The molecule has 2 aromatic rings. The lowest BCUT2D eigenvalue weighted by molar-refractivity contribution is 0.587. The van der Waals surface area contributed by atoms with E-state index in [1.54, 1.807) is 12.1 Å². The number of benzene rings is 1. The summed E-state index contributed by atoms with van der Waals surface area (Å²) in [6.07, 6.45) is 0. The van der Waals surface area contributed by atoms with Gasteiger partial charge in [0, 0.05) is 11.3 Å². The van der Waals surface area contributed by atoms with Crippen LogP contribution >= 0.6 is 0 Å². The summed E-state index contributed by atoms with van der Waals surface area (Å²) in [6, 6.07) is 6.43. The van der Waals surface area contributed by atoms with Gasteiger partial charge in [-0.15, -0.1) is 0 Å². The lowest BCUT2D eigenvalue weighted by Crippen LogP contribution is -2.13. The number of hydrogen-bond donors (Lipinski definition) is 1. The van der Waals surface area contributed by atoms with Gasteiger partial charge in [-0.3, -0.25) is 4.79 Å². The fraction of sp³-hybridized carbons (Fsp3) is 0.0714. The molecule has 20 heavy (non-hydrogen) atoms. The number of aromatic amines is 1. The van der Waals surface area contributed by atoms with Crippen LogP contribution in [0.1, 0.15) is 16.8 Å². The van der Waals surface area contributed by atoms with E-state index in [0.717, 1.165) is 12.1 Å². The number of pyridine rings is 1. The number of hydrogen-bond acceptors (Lipinski definition) is 3. The first-order chi connectivity index (χ1) is 9.49. The maximum absolute atomic E-state index is 14.1. The van der Waals surface area contributed by atoms with Gasteiger partial charge < -0.3 is 4.98 Å². The molecule has 0 saturated carbocycles. The Balaban J connectivity index is 2.93. The highest BCUT2D eigenvalue weighted by atomic mass is 19.1. The monoisotopic (exact) mass is 271 g/mol. The molecule has 0 spiro atoms. The van der Waals surface area contributed by atoms with Crippen molar-refractivity contribution in [1.82, 2.24) is 4.98 Å². The van der Waals surface area contributed by atoms with Crippen LogP contribution < -0.4 is 5.56 Å². The minimum atomic E-state index is -1.09. The van der Waals surface area contributed by atoms with Gasteiger partial charge in [0.15, 0.2) is 5.82 Å². The lowest BCUT2D eigenvalue weighted by atomic mass is 9.98. The first-order valence-corrected chi connectivity index (χ1v) is 5.52. The predicted molar refractivity (Wildman–Crippen MR) is 66.6 cm³/mol. The molecule has 0 fully saturated rings. The molecule has 0 atom stereocenters. The standard InChI is InChI=1S/C14H7F2N3O/c1-7-4-9(10(6-18)14(20)19-7)12-11(15)3-2-8(5-17)13(12)16/h2-4H,1H3,(H,19,20). The minimum Gasteiger partial charge on any atom is -0.325 e. The summed E-state index contributed by atoms with van der Waals surface area (Å²) in [5.41, 5.74) is -1.85. The zero-order valence-corrected chi connectivity index (χ0v) is 10.3. The van der Waals surface area contributed by atoms with Crippen molar-refractivity contribution < 1.29 is 8.78 Å². The van der Waals surface area contributed by atoms with E-state index in [2.05, 4.69) is 4.98 Å². The second-order valence-electron chi connectivity index (χ2n) is 4.08. The summed E-state index contributed by atoms with van der Waals surface area (Å²) >= 11 is 0. The van der Waals surface area contributed by atoms with Gasteiger partial charge >= 0.3 is 0 Å². The Labute approximate surface area is 112 Å². The first-order valence-electron chi connectivity index (χ1n) is 5.52. The van der Waals surface area contributed by atoms with Crippen LogP contribution in [0.2, 0.25) is 0 Å². The van der Waals surface area contributed by atoms with Crippen LogP contribution in [0.4, 0.5) is 8.78 Å². The number of aromatic nitrogens is 1. The van der Waals surface area contributed by atoms with Crippen molar-refractivity contribution in [2.24, 2.45) is 0 Å². The molecule has 0 unspecified atom stereocenters.